The molecule has 130 valence electrons. The SMILES string of the molecule is Cc1cc(-c2nn3c(CN4CCOCC4)nnc3s2)ccc1[N+](=O)[O-]. The third-order valence-electron chi connectivity index (χ3n) is 4.16. The van der Waals surface area contributed by atoms with E-state index in [-0.39, 0.29) is 10.6 Å². The number of hydrogen-bond acceptors (Lipinski definition) is 8. The Bertz CT molecular complexity index is 931. The summed E-state index contributed by atoms with van der Waals surface area (Å²) in [5.41, 5.74) is 1.57. The van der Waals surface area contributed by atoms with Crippen LogP contribution in [-0.4, -0.2) is 55.9 Å². The number of ether oxygens (including phenoxy) is 1. The van der Waals surface area contributed by atoms with Crippen molar-refractivity contribution in [3.05, 3.63) is 39.7 Å². The largest absolute Gasteiger partial charge is 0.379 e. The number of fused-ring (bicyclic) bond motifs is 1. The Kier molecular flexibility index (Phi) is 4.15. The van der Waals surface area contributed by atoms with Crippen molar-refractivity contribution < 1.29 is 9.66 Å². The van der Waals surface area contributed by atoms with E-state index in [0.29, 0.717) is 17.1 Å². The summed E-state index contributed by atoms with van der Waals surface area (Å²) in [5.74, 6) is 0.790. The summed E-state index contributed by atoms with van der Waals surface area (Å²) in [7, 11) is 0. The minimum atomic E-state index is -0.377. The molecule has 1 aliphatic rings. The number of nitrogens with zero attached hydrogens (tertiary/aromatic N) is 6. The zero-order valence-corrected chi connectivity index (χ0v) is 14.4. The summed E-state index contributed by atoms with van der Waals surface area (Å²) in [6.07, 6.45) is 0. The highest BCUT2D eigenvalue weighted by Gasteiger charge is 2.18. The molecule has 0 unspecified atom stereocenters. The Morgan fingerprint density at radius 2 is 2.12 bits per heavy atom. The summed E-state index contributed by atoms with van der Waals surface area (Å²) in [6.45, 7) is 5.60. The van der Waals surface area contributed by atoms with Crippen molar-refractivity contribution >= 4 is 22.0 Å². The average Bonchev–Trinajstić information content (AvgIpc) is 3.17. The molecule has 1 aromatic carbocycles. The second-order valence-electron chi connectivity index (χ2n) is 5.86. The van der Waals surface area contributed by atoms with Crippen molar-refractivity contribution in [3.63, 3.8) is 0 Å². The number of hydrogen-bond donors (Lipinski definition) is 0. The first-order chi connectivity index (χ1) is 12.1. The van der Waals surface area contributed by atoms with Crippen LogP contribution < -0.4 is 0 Å². The van der Waals surface area contributed by atoms with Crippen molar-refractivity contribution in [1.82, 2.24) is 24.7 Å². The number of benzene rings is 1. The van der Waals surface area contributed by atoms with Gasteiger partial charge in [-0.3, -0.25) is 15.0 Å². The lowest BCUT2D eigenvalue weighted by Crippen LogP contribution is -2.36. The maximum absolute atomic E-state index is 11.0. The fraction of sp³-hybridized carbons (Fsp3) is 0.400. The molecule has 0 saturated carbocycles. The predicted molar refractivity (Wildman–Crippen MR) is 91.6 cm³/mol. The molecule has 0 amide bonds. The Morgan fingerprint density at radius 3 is 2.84 bits per heavy atom. The van der Waals surface area contributed by atoms with E-state index >= 15 is 0 Å². The van der Waals surface area contributed by atoms with Gasteiger partial charge in [0.05, 0.1) is 24.7 Å². The molecule has 0 aliphatic carbocycles. The van der Waals surface area contributed by atoms with Crippen LogP contribution in [0.4, 0.5) is 5.69 Å². The Balaban J connectivity index is 1.63. The highest BCUT2D eigenvalue weighted by atomic mass is 32.1. The van der Waals surface area contributed by atoms with Gasteiger partial charge in [0.1, 0.15) is 5.01 Å². The molecular weight excluding hydrogens is 344 g/mol. The molecule has 2 aromatic heterocycles. The van der Waals surface area contributed by atoms with Crippen LogP contribution in [0, 0.1) is 17.0 Å². The molecule has 25 heavy (non-hydrogen) atoms. The van der Waals surface area contributed by atoms with Crippen LogP contribution in [0.3, 0.4) is 0 Å². The van der Waals surface area contributed by atoms with E-state index in [9.17, 15) is 10.1 Å². The fourth-order valence-electron chi connectivity index (χ4n) is 2.83. The van der Waals surface area contributed by atoms with Gasteiger partial charge in [-0.15, -0.1) is 10.2 Å². The van der Waals surface area contributed by atoms with Gasteiger partial charge in [-0.2, -0.15) is 9.61 Å². The summed E-state index contributed by atoms with van der Waals surface area (Å²) < 4.78 is 7.12. The Hall–Kier alpha value is -2.43. The normalized spacial score (nSPS) is 15.7. The number of aromatic nitrogens is 4. The number of nitro benzene ring substituents is 1. The molecular formula is C15H16N6O3S. The smallest absolute Gasteiger partial charge is 0.272 e. The molecule has 1 fully saturated rings. The van der Waals surface area contributed by atoms with E-state index in [1.54, 1.807) is 23.6 Å². The summed E-state index contributed by atoms with van der Waals surface area (Å²) in [4.78, 5) is 13.6. The molecule has 10 heteroatoms. The van der Waals surface area contributed by atoms with E-state index < -0.39 is 0 Å². The maximum Gasteiger partial charge on any atom is 0.272 e. The van der Waals surface area contributed by atoms with Crippen molar-refractivity contribution in [2.24, 2.45) is 0 Å². The molecule has 3 heterocycles. The molecule has 1 aliphatic heterocycles. The quantitative estimate of drug-likeness (QED) is 0.517. The van der Waals surface area contributed by atoms with E-state index in [4.69, 9.17) is 4.74 Å². The average molecular weight is 360 g/mol. The lowest BCUT2D eigenvalue weighted by Gasteiger charge is -2.25. The lowest BCUT2D eigenvalue weighted by atomic mass is 10.1. The molecule has 0 spiro atoms. The standard InChI is InChI=1S/C15H16N6O3S/c1-10-8-11(2-3-12(10)21(22)23)14-18-20-13(16-17-15(20)25-14)9-19-4-6-24-7-5-19/h2-3,8H,4-7,9H2,1H3. The first-order valence-electron chi connectivity index (χ1n) is 7.88. The molecule has 0 radical (unpaired) electrons. The molecule has 1 saturated heterocycles. The third-order valence-corrected chi connectivity index (χ3v) is 5.11. The molecule has 0 atom stereocenters. The van der Waals surface area contributed by atoms with Gasteiger partial charge in [-0.05, 0) is 19.1 Å². The van der Waals surface area contributed by atoms with Crippen LogP contribution in [0.25, 0.3) is 15.5 Å². The van der Waals surface area contributed by atoms with Gasteiger partial charge in [-0.1, -0.05) is 11.3 Å². The second-order valence-corrected chi connectivity index (χ2v) is 6.82. The van der Waals surface area contributed by atoms with Gasteiger partial charge in [0, 0.05) is 30.3 Å². The van der Waals surface area contributed by atoms with Crippen molar-refractivity contribution in [2.45, 2.75) is 13.5 Å². The predicted octanol–water partition coefficient (Wildman–Crippen LogP) is 1.90. The molecule has 3 aromatic rings. The number of nitro groups is 1. The van der Waals surface area contributed by atoms with Gasteiger partial charge in [-0.25, -0.2) is 0 Å². The van der Waals surface area contributed by atoms with Gasteiger partial charge < -0.3 is 4.74 Å². The lowest BCUT2D eigenvalue weighted by molar-refractivity contribution is -0.385. The Labute approximate surface area is 147 Å². The zero-order chi connectivity index (χ0) is 17.4. The van der Waals surface area contributed by atoms with Crippen LogP contribution in [0.15, 0.2) is 18.2 Å². The monoisotopic (exact) mass is 360 g/mol. The molecule has 0 N–H and O–H groups in total. The van der Waals surface area contributed by atoms with Crippen molar-refractivity contribution in [1.29, 1.82) is 0 Å². The van der Waals surface area contributed by atoms with E-state index in [1.807, 2.05) is 0 Å². The minimum absolute atomic E-state index is 0.111. The minimum Gasteiger partial charge on any atom is -0.379 e. The van der Waals surface area contributed by atoms with E-state index in [0.717, 1.165) is 42.7 Å². The van der Waals surface area contributed by atoms with Gasteiger partial charge in [0.25, 0.3) is 5.69 Å². The first kappa shape index (κ1) is 16.1. The van der Waals surface area contributed by atoms with Gasteiger partial charge in [0.2, 0.25) is 4.96 Å². The third kappa shape index (κ3) is 3.11. The topological polar surface area (TPSA) is 98.7 Å². The Morgan fingerprint density at radius 1 is 1.32 bits per heavy atom. The first-order valence-corrected chi connectivity index (χ1v) is 8.70. The number of rotatable bonds is 4. The van der Waals surface area contributed by atoms with Crippen LogP contribution in [0.5, 0.6) is 0 Å². The van der Waals surface area contributed by atoms with Gasteiger partial charge in [0.15, 0.2) is 5.82 Å². The van der Waals surface area contributed by atoms with Crippen LogP contribution in [-0.2, 0) is 11.3 Å². The highest BCUT2D eigenvalue weighted by molar-refractivity contribution is 7.19. The molecule has 4 rings (SSSR count). The zero-order valence-electron chi connectivity index (χ0n) is 13.6. The summed E-state index contributed by atoms with van der Waals surface area (Å²) in [6, 6.07) is 5.02. The van der Waals surface area contributed by atoms with Crippen LogP contribution >= 0.6 is 11.3 Å². The maximum atomic E-state index is 11.0. The number of aryl methyl sites for hydroxylation is 1. The second kappa shape index (κ2) is 6.47. The molecule has 9 nitrogen and oxygen atoms in total. The van der Waals surface area contributed by atoms with Crippen molar-refractivity contribution in [3.8, 4) is 10.6 Å². The fourth-order valence-corrected chi connectivity index (χ4v) is 3.68. The van der Waals surface area contributed by atoms with Crippen molar-refractivity contribution in [2.75, 3.05) is 26.3 Å². The summed E-state index contributed by atoms with van der Waals surface area (Å²) >= 11 is 1.42. The summed E-state index contributed by atoms with van der Waals surface area (Å²) in [5, 5.41) is 24.8. The van der Waals surface area contributed by atoms with E-state index in [2.05, 4.69) is 20.2 Å². The number of morpholine rings is 1. The van der Waals surface area contributed by atoms with E-state index in [1.165, 1.54) is 17.4 Å². The van der Waals surface area contributed by atoms with Crippen LogP contribution in [0.1, 0.15) is 11.4 Å². The molecule has 0 bridgehead atoms. The van der Waals surface area contributed by atoms with Gasteiger partial charge >= 0.3 is 0 Å². The van der Waals surface area contributed by atoms with Crippen LogP contribution in [0.2, 0.25) is 0 Å². The highest BCUT2D eigenvalue weighted by Crippen LogP contribution is 2.29.